The van der Waals surface area contributed by atoms with Gasteiger partial charge in [-0.25, -0.2) is 0 Å². The Morgan fingerprint density at radius 1 is 1.19 bits per heavy atom. The van der Waals surface area contributed by atoms with E-state index < -0.39 is 5.97 Å². The zero-order valence-electron chi connectivity index (χ0n) is 12.2. The van der Waals surface area contributed by atoms with Crippen LogP contribution in [0.5, 0.6) is 0 Å². The van der Waals surface area contributed by atoms with Gasteiger partial charge in [0.2, 0.25) is 5.91 Å². The van der Waals surface area contributed by atoms with Crippen molar-refractivity contribution < 1.29 is 19.1 Å². The Balaban J connectivity index is 1.94. The number of hydrogen-bond donors (Lipinski definition) is 2. The summed E-state index contributed by atoms with van der Waals surface area (Å²) >= 11 is 0. The topological polar surface area (TPSA) is 79.5 Å². The number of furan rings is 1. The number of rotatable bonds is 6. The smallest absolute Gasteiger partial charge is 0.303 e. The maximum atomic E-state index is 11.8. The minimum atomic E-state index is -0.827. The van der Waals surface area contributed by atoms with Crippen LogP contribution in [-0.4, -0.2) is 17.0 Å². The van der Waals surface area contributed by atoms with E-state index in [1.54, 1.807) is 6.07 Å². The summed E-state index contributed by atoms with van der Waals surface area (Å²) in [5.41, 5.74) is 2.61. The second-order valence-electron chi connectivity index (χ2n) is 5.14. The first-order valence-corrected chi connectivity index (χ1v) is 6.99. The molecule has 21 heavy (non-hydrogen) atoms. The Kier molecular flexibility index (Phi) is 4.62. The van der Waals surface area contributed by atoms with E-state index in [0.29, 0.717) is 19.3 Å². The van der Waals surface area contributed by atoms with Crippen LogP contribution in [0.1, 0.15) is 37.0 Å². The van der Waals surface area contributed by atoms with Gasteiger partial charge in [-0.05, 0) is 50.5 Å². The van der Waals surface area contributed by atoms with Crippen LogP contribution in [0.4, 0.5) is 5.69 Å². The van der Waals surface area contributed by atoms with Crippen molar-refractivity contribution in [2.24, 2.45) is 0 Å². The van der Waals surface area contributed by atoms with Crippen molar-refractivity contribution in [3.8, 4) is 0 Å². The van der Waals surface area contributed by atoms with E-state index in [9.17, 15) is 9.59 Å². The first-order chi connectivity index (χ1) is 9.97. The van der Waals surface area contributed by atoms with Crippen LogP contribution in [0.3, 0.4) is 0 Å². The summed E-state index contributed by atoms with van der Waals surface area (Å²) in [7, 11) is 0. The van der Waals surface area contributed by atoms with Gasteiger partial charge in [0.1, 0.15) is 11.3 Å². The van der Waals surface area contributed by atoms with Gasteiger partial charge in [0.15, 0.2) is 0 Å². The summed E-state index contributed by atoms with van der Waals surface area (Å²) in [4.78, 5) is 22.2. The number of carbonyl (C=O) groups is 2. The second-order valence-corrected chi connectivity index (χ2v) is 5.14. The van der Waals surface area contributed by atoms with Crippen LogP contribution in [0.2, 0.25) is 0 Å². The standard InChI is InChI=1S/C16H19NO4/c1-10-11(2)21-14-8-7-12(9-13(10)14)17-15(18)5-3-4-6-16(19)20/h7-9H,3-6H2,1-2H3,(H,17,18)(H,19,20). The minimum absolute atomic E-state index is 0.0994. The summed E-state index contributed by atoms with van der Waals surface area (Å²) < 4.78 is 5.59. The van der Waals surface area contributed by atoms with Crippen molar-refractivity contribution in [3.63, 3.8) is 0 Å². The maximum absolute atomic E-state index is 11.8. The number of unbranched alkanes of at least 4 members (excludes halogenated alkanes) is 1. The van der Waals surface area contributed by atoms with E-state index in [1.807, 2.05) is 26.0 Å². The van der Waals surface area contributed by atoms with E-state index in [-0.39, 0.29) is 12.3 Å². The Morgan fingerprint density at radius 2 is 1.90 bits per heavy atom. The molecule has 2 rings (SSSR count). The molecule has 0 unspecified atom stereocenters. The van der Waals surface area contributed by atoms with Crippen molar-refractivity contribution >= 4 is 28.5 Å². The Bertz CT molecular complexity index is 672. The monoisotopic (exact) mass is 289 g/mol. The SMILES string of the molecule is Cc1oc2ccc(NC(=O)CCCCC(=O)O)cc2c1C. The van der Waals surface area contributed by atoms with Crippen LogP contribution >= 0.6 is 0 Å². The molecule has 112 valence electrons. The first-order valence-electron chi connectivity index (χ1n) is 6.99. The highest BCUT2D eigenvalue weighted by Gasteiger charge is 2.09. The van der Waals surface area contributed by atoms with Crippen LogP contribution in [0.15, 0.2) is 22.6 Å². The molecule has 1 aromatic heterocycles. The van der Waals surface area contributed by atoms with Gasteiger partial charge >= 0.3 is 5.97 Å². The summed E-state index contributed by atoms with van der Waals surface area (Å²) in [6.07, 6.45) is 1.52. The normalized spacial score (nSPS) is 10.8. The number of aryl methyl sites for hydroxylation is 2. The van der Waals surface area contributed by atoms with Crippen LogP contribution < -0.4 is 5.32 Å². The Morgan fingerprint density at radius 3 is 2.62 bits per heavy atom. The second kappa shape index (κ2) is 6.43. The quantitative estimate of drug-likeness (QED) is 0.796. The average molecular weight is 289 g/mol. The van der Waals surface area contributed by atoms with E-state index in [0.717, 1.165) is 28.0 Å². The zero-order valence-corrected chi connectivity index (χ0v) is 12.2. The molecule has 0 saturated carbocycles. The Hall–Kier alpha value is -2.30. The number of aliphatic carboxylic acids is 1. The largest absolute Gasteiger partial charge is 0.481 e. The number of amides is 1. The minimum Gasteiger partial charge on any atom is -0.481 e. The van der Waals surface area contributed by atoms with Gasteiger partial charge in [-0.3, -0.25) is 9.59 Å². The molecule has 2 aromatic rings. The van der Waals surface area contributed by atoms with Gasteiger partial charge in [-0.1, -0.05) is 0 Å². The Labute approximate surface area is 122 Å². The third-order valence-electron chi connectivity index (χ3n) is 3.50. The number of benzene rings is 1. The molecule has 0 fully saturated rings. The fourth-order valence-electron chi connectivity index (χ4n) is 2.21. The van der Waals surface area contributed by atoms with Gasteiger partial charge in [-0.15, -0.1) is 0 Å². The lowest BCUT2D eigenvalue weighted by molar-refractivity contribution is -0.137. The maximum Gasteiger partial charge on any atom is 0.303 e. The molecule has 5 nitrogen and oxygen atoms in total. The summed E-state index contributed by atoms with van der Waals surface area (Å²) in [5.74, 6) is -0.0496. The number of nitrogens with one attached hydrogen (secondary N) is 1. The molecule has 0 aliphatic rings. The molecule has 0 atom stereocenters. The predicted molar refractivity (Wildman–Crippen MR) is 80.4 cm³/mol. The molecular weight excluding hydrogens is 270 g/mol. The molecule has 1 amide bonds. The molecular formula is C16H19NO4. The predicted octanol–water partition coefficient (Wildman–Crippen LogP) is 3.63. The fraction of sp³-hybridized carbons (Fsp3) is 0.375. The first kappa shape index (κ1) is 15.1. The number of anilines is 1. The number of hydrogen-bond acceptors (Lipinski definition) is 3. The van der Waals surface area contributed by atoms with Crippen molar-refractivity contribution in [2.45, 2.75) is 39.5 Å². The van der Waals surface area contributed by atoms with Crippen molar-refractivity contribution in [3.05, 3.63) is 29.5 Å². The third kappa shape index (κ3) is 3.84. The zero-order chi connectivity index (χ0) is 15.4. The average Bonchev–Trinajstić information content (AvgIpc) is 2.70. The lowest BCUT2D eigenvalue weighted by Gasteiger charge is -2.05. The number of carboxylic acids is 1. The van der Waals surface area contributed by atoms with Gasteiger partial charge in [0.25, 0.3) is 0 Å². The lowest BCUT2D eigenvalue weighted by Crippen LogP contribution is -2.11. The summed E-state index contributed by atoms with van der Waals surface area (Å²) in [6, 6.07) is 5.55. The van der Waals surface area contributed by atoms with Crippen molar-refractivity contribution in [2.75, 3.05) is 5.32 Å². The highest BCUT2D eigenvalue weighted by atomic mass is 16.4. The fourth-order valence-corrected chi connectivity index (χ4v) is 2.21. The van der Waals surface area contributed by atoms with Crippen LogP contribution in [-0.2, 0) is 9.59 Å². The molecule has 0 radical (unpaired) electrons. The summed E-state index contributed by atoms with van der Waals surface area (Å²) in [6.45, 7) is 3.90. The van der Waals surface area contributed by atoms with Crippen molar-refractivity contribution in [1.82, 2.24) is 0 Å². The molecule has 0 bridgehead atoms. The van der Waals surface area contributed by atoms with Crippen LogP contribution in [0, 0.1) is 13.8 Å². The lowest BCUT2D eigenvalue weighted by atomic mass is 10.1. The third-order valence-corrected chi connectivity index (χ3v) is 3.50. The van der Waals surface area contributed by atoms with Gasteiger partial charge in [0.05, 0.1) is 0 Å². The van der Waals surface area contributed by atoms with E-state index in [1.165, 1.54) is 0 Å². The molecule has 0 aliphatic heterocycles. The highest BCUT2D eigenvalue weighted by Crippen LogP contribution is 2.27. The highest BCUT2D eigenvalue weighted by molar-refractivity contribution is 5.94. The molecule has 1 aromatic carbocycles. The molecule has 5 heteroatoms. The number of carbonyl (C=O) groups excluding carboxylic acids is 1. The van der Waals surface area contributed by atoms with Crippen LogP contribution in [0.25, 0.3) is 11.0 Å². The molecule has 1 heterocycles. The van der Waals surface area contributed by atoms with Gasteiger partial charge in [0, 0.05) is 23.9 Å². The van der Waals surface area contributed by atoms with Gasteiger partial charge < -0.3 is 14.8 Å². The molecule has 0 spiro atoms. The van der Waals surface area contributed by atoms with Gasteiger partial charge in [-0.2, -0.15) is 0 Å². The molecule has 2 N–H and O–H groups in total. The van der Waals surface area contributed by atoms with E-state index >= 15 is 0 Å². The summed E-state index contributed by atoms with van der Waals surface area (Å²) in [5, 5.41) is 12.4. The number of carboxylic acid groups (broad SMARTS) is 1. The van der Waals surface area contributed by atoms with E-state index in [4.69, 9.17) is 9.52 Å². The molecule has 0 saturated heterocycles. The number of fused-ring (bicyclic) bond motifs is 1. The van der Waals surface area contributed by atoms with Crippen molar-refractivity contribution in [1.29, 1.82) is 0 Å². The van der Waals surface area contributed by atoms with E-state index in [2.05, 4.69) is 5.32 Å². The molecule has 0 aliphatic carbocycles.